The Hall–Kier alpha value is -3.71. The van der Waals surface area contributed by atoms with Crippen molar-refractivity contribution in [3.05, 3.63) is 58.7 Å². The van der Waals surface area contributed by atoms with Gasteiger partial charge in [0, 0.05) is 30.3 Å². The van der Waals surface area contributed by atoms with Gasteiger partial charge in [0.15, 0.2) is 0 Å². The number of hydrogen-bond donors (Lipinski definition) is 5. The van der Waals surface area contributed by atoms with Gasteiger partial charge in [-0.1, -0.05) is 12.1 Å². The van der Waals surface area contributed by atoms with Crippen LogP contribution in [0.15, 0.2) is 36.4 Å². The van der Waals surface area contributed by atoms with Crippen molar-refractivity contribution in [1.82, 2.24) is 15.5 Å². The summed E-state index contributed by atoms with van der Waals surface area (Å²) in [4.78, 5) is 51.7. The fraction of sp³-hybridized carbons (Fsp3) is 0.333. The van der Waals surface area contributed by atoms with Crippen LogP contribution in [0.1, 0.15) is 44.7 Å². The minimum Gasteiger partial charge on any atom is -0.481 e. The van der Waals surface area contributed by atoms with E-state index in [9.17, 15) is 29.2 Å². The van der Waals surface area contributed by atoms with E-state index in [1.165, 1.54) is 11.0 Å². The number of nitrogens with zero attached hydrogens (tertiary/aromatic N) is 1. The number of carboxylic acids is 1. The molecule has 5 rings (SSSR count). The Morgan fingerprint density at radius 3 is 2.18 bits per heavy atom. The highest BCUT2D eigenvalue weighted by atomic mass is 16.5. The molecule has 3 aliphatic rings. The predicted molar refractivity (Wildman–Crippen MR) is 134 cm³/mol. The Balaban J connectivity index is 1.33. The fourth-order valence-corrected chi connectivity index (χ4v) is 4.96. The third-order valence-electron chi connectivity index (χ3n) is 6.96. The lowest BCUT2D eigenvalue weighted by atomic mass is 9.78. The molecule has 3 heterocycles. The third kappa shape index (κ3) is 5.16. The normalized spacial score (nSPS) is 19.8. The van der Waals surface area contributed by atoms with Gasteiger partial charge in [0.1, 0.15) is 6.04 Å². The van der Waals surface area contributed by atoms with Gasteiger partial charge in [-0.3, -0.25) is 19.2 Å². The molecule has 0 radical (unpaired) electrons. The molecule has 2 aromatic carbocycles. The smallest absolute Gasteiger partial charge is 0.481 e. The molecule has 0 aliphatic carbocycles. The molecule has 0 unspecified atom stereocenters. The van der Waals surface area contributed by atoms with Gasteiger partial charge < -0.3 is 40.0 Å². The number of fused-ring (bicyclic) bond motifs is 2. The summed E-state index contributed by atoms with van der Waals surface area (Å²) in [5.74, 6) is -2.51. The Morgan fingerprint density at radius 1 is 0.947 bits per heavy atom. The number of rotatable bonds is 7. The summed E-state index contributed by atoms with van der Waals surface area (Å²) in [6.45, 7) is 0.409. The Morgan fingerprint density at radius 2 is 1.55 bits per heavy atom. The van der Waals surface area contributed by atoms with Gasteiger partial charge >= 0.3 is 20.2 Å². The number of carboxylic acid groups (broad SMARTS) is 1. The molecule has 12 nitrogen and oxygen atoms in total. The highest BCUT2D eigenvalue weighted by Crippen LogP contribution is 2.23. The maximum Gasteiger partial charge on any atom is 0.491 e. The van der Waals surface area contributed by atoms with Gasteiger partial charge in [0.2, 0.25) is 5.91 Å². The molecule has 0 saturated carbocycles. The summed E-state index contributed by atoms with van der Waals surface area (Å²) in [5, 5.41) is 34.3. The van der Waals surface area contributed by atoms with Gasteiger partial charge in [0.05, 0.1) is 19.6 Å². The summed E-state index contributed by atoms with van der Waals surface area (Å²) in [7, 11) is -2.25. The second-order valence-corrected chi connectivity index (χ2v) is 9.47. The van der Waals surface area contributed by atoms with E-state index < -0.39 is 50.0 Å². The molecule has 2 aromatic rings. The number of carbonyl (C=O) groups is 4. The monoisotopic (exact) mass is 521 g/mol. The second kappa shape index (κ2) is 10.6. The molecule has 38 heavy (non-hydrogen) atoms. The molecule has 2 atom stereocenters. The molecule has 1 saturated heterocycles. The third-order valence-corrected chi connectivity index (χ3v) is 6.96. The number of aliphatic carboxylic acids is 1. The quantitative estimate of drug-likeness (QED) is 0.252. The molecule has 0 aromatic heterocycles. The lowest BCUT2D eigenvalue weighted by molar-refractivity contribution is -0.137. The second-order valence-electron chi connectivity index (χ2n) is 9.47. The molecule has 0 bridgehead atoms. The van der Waals surface area contributed by atoms with Crippen LogP contribution in [-0.4, -0.2) is 83.2 Å². The molecule has 1 fully saturated rings. The van der Waals surface area contributed by atoms with E-state index in [0.29, 0.717) is 16.5 Å². The average molecular weight is 521 g/mol. The van der Waals surface area contributed by atoms with Crippen molar-refractivity contribution >= 4 is 48.9 Å². The van der Waals surface area contributed by atoms with Crippen LogP contribution in [0.3, 0.4) is 0 Å². The first-order chi connectivity index (χ1) is 18.2. The zero-order valence-corrected chi connectivity index (χ0v) is 20.3. The number of amides is 3. The zero-order valence-electron chi connectivity index (χ0n) is 20.3. The van der Waals surface area contributed by atoms with Crippen LogP contribution in [0.5, 0.6) is 0 Å². The average Bonchev–Trinajstić information content (AvgIpc) is 3.60. The molecular formula is C24H25B2N3O9. The van der Waals surface area contributed by atoms with Gasteiger partial charge in [-0.2, -0.15) is 0 Å². The molecule has 0 spiro atoms. The number of nitrogens with one attached hydrogen (secondary N) is 2. The summed E-state index contributed by atoms with van der Waals surface area (Å²) in [6, 6.07) is 8.14. The molecule has 5 N–H and O–H groups in total. The number of benzene rings is 2. The van der Waals surface area contributed by atoms with Crippen LogP contribution in [0.4, 0.5) is 0 Å². The fourth-order valence-electron chi connectivity index (χ4n) is 4.96. The largest absolute Gasteiger partial charge is 0.491 e. The van der Waals surface area contributed by atoms with E-state index in [4.69, 9.17) is 14.4 Å². The van der Waals surface area contributed by atoms with E-state index in [1.54, 1.807) is 30.3 Å². The maximum absolute atomic E-state index is 13.5. The standard InChI is InChI=1S/C24H25B2N3O9/c30-21(31)5-6-27-23(33)20-9-17(28-22(32)13-1-3-15-11-37-25(35)18(15)7-13)10-29(20)24(34)14-2-4-16-12-38-26(36)19(16)8-14/h1-4,7-8,17,20,35-36H,5-6,9-12H2,(H,27,33)(H,28,32)(H,30,31)/t17-,20-/m0/s1. The molecule has 3 aliphatic heterocycles. The van der Waals surface area contributed by atoms with Crippen molar-refractivity contribution in [3.8, 4) is 0 Å². The van der Waals surface area contributed by atoms with E-state index in [0.717, 1.165) is 11.1 Å². The molecule has 3 amide bonds. The van der Waals surface area contributed by atoms with Crippen molar-refractivity contribution in [3.63, 3.8) is 0 Å². The highest BCUT2D eigenvalue weighted by Gasteiger charge is 2.41. The van der Waals surface area contributed by atoms with Crippen LogP contribution >= 0.6 is 0 Å². The lowest BCUT2D eigenvalue weighted by Crippen LogP contribution is -2.46. The molecule has 14 heteroatoms. The summed E-state index contributed by atoms with van der Waals surface area (Å²) in [5.41, 5.74) is 3.08. The molecule has 196 valence electrons. The van der Waals surface area contributed by atoms with Crippen molar-refractivity contribution in [2.75, 3.05) is 13.1 Å². The van der Waals surface area contributed by atoms with E-state index >= 15 is 0 Å². The Labute approximate surface area is 218 Å². The number of carbonyl (C=O) groups excluding carboxylic acids is 3. The zero-order chi connectivity index (χ0) is 27.0. The van der Waals surface area contributed by atoms with Crippen LogP contribution in [0.2, 0.25) is 0 Å². The summed E-state index contributed by atoms with van der Waals surface area (Å²) in [6.07, 6.45) is -0.160. The van der Waals surface area contributed by atoms with Gasteiger partial charge in [0.25, 0.3) is 11.8 Å². The first kappa shape index (κ1) is 25.9. The highest BCUT2D eigenvalue weighted by molar-refractivity contribution is 6.62. The van der Waals surface area contributed by atoms with Crippen molar-refractivity contribution in [2.24, 2.45) is 0 Å². The van der Waals surface area contributed by atoms with Gasteiger partial charge in [-0.25, -0.2) is 0 Å². The maximum atomic E-state index is 13.5. The van der Waals surface area contributed by atoms with Crippen molar-refractivity contribution in [2.45, 2.75) is 38.1 Å². The Bertz CT molecular complexity index is 1310. The minimum atomic E-state index is -1.14. The first-order valence-electron chi connectivity index (χ1n) is 12.2. The number of likely N-dealkylation sites (tertiary alicyclic amines) is 1. The van der Waals surface area contributed by atoms with Crippen molar-refractivity contribution in [1.29, 1.82) is 0 Å². The summed E-state index contributed by atoms with van der Waals surface area (Å²) < 4.78 is 10.4. The SMILES string of the molecule is O=C(O)CCNC(=O)[C@@H]1C[C@H](NC(=O)c2ccc3c(c2)B(O)OC3)CN1C(=O)c1ccc2c(c1)B(O)OC2. The van der Waals surface area contributed by atoms with Crippen LogP contribution in [0.25, 0.3) is 0 Å². The summed E-state index contributed by atoms with van der Waals surface area (Å²) >= 11 is 0. The number of hydrogen-bond acceptors (Lipinski definition) is 8. The van der Waals surface area contributed by atoms with E-state index in [1.807, 2.05) is 0 Å². The van der Waals surface area contributed by atoms with E-state index in [-0.39, 0.29) is 44.7 Å². The van der Waals surface area contributed by atoms with Crippen molar-refractivity contribution < 1.29 is 43.6 Å². The van der Waals surface area contributed by atoms with Crippen LogP contribution in [-0.2, 0) is 32.1 Å². The minimum absolute atomic E-state index is 0.0361. The predicted octanol–water partition coefficient (Wildman–Crippen LogP) is -2.27. The topological polar surface area (TPSA) is 175 Å². The van der Waals surface area contributed by atoms with Gasteiger partial charge in [-0.15, -0.1) is 0 Å². The molecular weight excluding hydrogens is 496 g/mol. The Kier molecular flexibility index (Phi) is 7.21. The van der Waals surface area contributed by atoms with Crippen LogP contribution < -0.4 is 21.6 Å². The van der Waals surface area contributed by atoms with Gasteiger partial charge in [-0.05, 0) is 52.7 Å². The lowest BCUT2D eigenvalue weighted by Gasteiger charge is -2.24. The first-order valence-corrected chi connectivity index (χ1v) is 12.2. The van der Waals surface area contributed by atoms with E-state index in [2.05, 4.69) is 10.6 Å². The van der Waals surface area contributed by atoms with Crippen LogP contribution in [0, 0.1) is 0 Å².